The molecule has 6 nitrogen and oxygen atoms in total. The van der Waals surface area contributed by atoms with Crippen LogP contribution in [0.4, 0.5) is 0 Å². The summed E-state index contributed by atoms with van der Waals surface area (Å²) in [6, 6.07) is 7.74. The highest BCUT2D eigenvalue weighted by Gasteiger charge is 2.35. The van der Waals surface area contributed by atoms with Gasteiger partial charge in [-0.25, -0.2) is 4.68 Å². The first-order valence-electron chi connectivity index (χ1n) is 8.97. The minimum atomic E-state index is -0.200. The minimum Gasteiger partial charge on any atom is -0.381 e. The number of hydrogen-bond acceptors (Lipinski definition) is 4. The number of benzene rings is 1. The Hall–Kier alpha value is -2.21. The van der Waals surface area contributed by atoms with E-state index in [9.17, 15) is 9.59 Å². The molecule has 1 aromatic carbocycles. The highest BCUT2D eigenvalue weighted by atomic mass is 16.5. The predicted octanol–water partition coefficient (Wildman–Crippen LogP) is 1.73. The summed E-state index contributed by atoms with van der Waals surface area (Å²) in [5.74, 6) is 0.395. The number of amides is 1. The molecule has 1 aliphatic heterocycles. The van der Waals surface area contributed by atoms with Gasteiger partial charge < -0.3 is 9.64 Å². The van der Waals surface area contributed by atoms with Gasteiger partial charge in [0.1, 0.15) is 6.54 Å². The van der Waals surface area contributed by atoms with E-state index in [4.69, 9.17) is 4.74 Å². The van der Waals surface area contributed by atoms with Gasteiger partial charge >= 0.3 is 0 Å². The van der Waals surface area contributed by atoms with Crippen LogP contribution in [0.1, 0.15) is 25.0 Å². The van der Waals surface area contributed by atoms with Gasteiger partial charge in [0, 0.05) is 30.5 Å². The van der Waals surface area contributed by atoms with Gasteiger partial charge in [-0.15, -0.1) is 0 Å². The van der Waals surface area contributed by atoms with Crippen molar-refractivity contribution in [3.63, 3.8) is 0 Å². The number of fused-ring (bicyclic) bond motifs is 1. The Bertz CT molecular complexity index is 851. The molecule has 25 heavy (non-hydrogen) atoms. The molecule has 1 saturated heterocycles. The highest BCUT2D eigenvalue weighted by molar-refractivity contribution is 5.83. The standard InChI is InChI=1S/C19H23N3O3/c1-13-16-4-2-3-5-17(16)19(24)22(20-13)11-18(23)21(15-6-7-15)10-14-8-9-25-12-14/h2-5,14-15H,6-12H2,1H3. The van der Waals surface area contributed by atoms with Crippen LogP contribution in [0.2, 0.25) is 0 Å². The molecule has 6 heteroatoms. The lowest BCUT2D eigenvalue weighted by molar-refractivity contribution is -0.133. The molecule has 2 aliphatic rings. The lowest BCUT2D eigenvalue weighted by atomic mass is 10.1. The number of hydrogen-bond donors (Lipinski definition) is 0. The summed E-state index contributed by atoms with van der Waals surface area (Å²) < 4.78 is 6.75. The number of ether oxygens (including phenoxy) is 1. The molecule has 4 rings (SSSR count). The summed E-state index contributed by atoms with van der Waals surface area (Å²) in [5, 5.41) is 5.83. The van der Waals surface area contributed by atoms with E-state index < -0.39 is 0 Å². The zero-order chi connectivity index (χ0) is 17.4. The van der Waals surface area contributed by atoms with Crippen LogP contribution < -0.4 is 5.56 Å². The maximum atomic E-state index is 12.9. The third-order valence-corrected chi connectivity index (χ3v) is 5.12. The van der Waals surface area contributed by atoms with E-state index in [2.05, 4.69) is 5.10 Å². The molecule has 1 saturated carbocycles. The molecule has 2 heterocycles. The van der Waals surface area contributed by atoms with Crippen molar-refractivity contribution in [2.24, 2.45) is 5.92 Å². The van der Waals surface area contributed by atoms with Crippen LogP contribution in [0.5, 0.6) is 0 Å². The SMILES string of the molecule is Cc1nn(CC(=O)N(CC2CCOC2)C2CC2)c(=O)c2ccccc12. The van der Waals surface area contributed by atoms with Gasteiger partial charge in [-0.05, 0) is 32.3 Å². The molecule has 0 bridgehead atoms. The minimum absolute atomic E-state index is 0.00852. The zero-order valence-corrected chi connectivity index (χ0v) is 14.5. The van der Waals surface area contributed by atoms with E-state index >= 15 is 0 Å². The van der Waals surface area contributed by atoms with E-state index in [1.54, 1.807) is 6.07 Å². The van der Waals surface area contributed by atoms with E-state index in [-0.39, 0.29) is 18.0 Å². The van der Waals surface area contributed by atoms with Crippen LogP contribution in [0, 0.1) is 12.8 Å². The van der Waals surface area contributed by atoms with Crippen molar-refractivity contribution in [2.75, 3.05) is 19.8 Å². The predicted molar refractivity (Wildman–Crippen MR) is 94.4 cm³/mol. The van der Waals surface area contributed by atoms with Crippen molar-refractivity contribution in [3.05, 3.63) is 40.3 Å². The summed E-state index contributed by atoms with van der Waals surface area (Å²) in [4.78, 5) is 27.5. The van der Waals surface area contributed by atoms with Crippen LogP contribution in [0.3, 0.4) is 0 Å². The molecule has 2 fully saturated rings. The number of rotatable bonds is 5. The number of carbonyl (C=O) groups is 1. The van der Waals surface area contributed by atoms with Gasteiger partial charge in [0.25, 0.3) is 5.56 Å². The summed E-state index contributed by atoms with van der Waals surface area (Å²) in [6.07, 6.45) is 3.11. The van der Waals surface area contributed by atoms with Crippen LogP contribution in [0.15, 0.2) is 29.1 Å². The van der Waals surface area contributed by atoms with E-state index in [0.29, 0.717) is 17.3 Å². The topological polar surface area (TPSA) is 64.4 Å². The van der Waals surface area contributed by atoms with Gasteiger partial charge in [0.05, 0.1) is 17.7 Å². The third-order valence-electron chi connectivity index (χ3n) is 5.12. The Labute approximate surface area is 146 Å². The van der Waals surface area contributed by atoms with Crippen LogP contribution in [-0.2, 0) is 16.1 Å². The third kappa shape index (κ3) is 3.31. The maximum absolute atomic E-state index is 12.9. The fraction of sp³-hybridized carbons (Fsp3) is 0.526. The molecular formula is C19H23N3O3. The van der Waals surface area contributed by atoms with Crippen molar-refractivity contribution in [2.45, 2.75) is 38.8 Å². The normalized spacial score (nSPS) is 20.1. The molecule has 1 amide bonds. The Morgan fingerprint density at radius 1 is 1.28 bits per heavy atom. The Kier molecular flexibility index (Phi) is 4.29. The van der Waals surface area contributed by atoms with E-state index in [1.165, 1.54) is 4.68 Å². The quantitative estimate of drug-likeness (QED) is 0.831. The summed E-state index contributed by atoms with van der Waals surface area (Å²) in [5.41, 5.74) is 0.569. The Balaban J connectivity index is 1.58. The molecule has 0 N–H and O–H groups in total. The van der Waals surface area contributed by atoms with Crippen molar-refractivity contribution in [1.82, 2.24) is 14.7 Å². The zero-order valence-electron chi connectivity index (χ0n) is 14.5. The van der Waals surface area contributed by atoms with Gasteiger partial charge in [-0.1, -0.05) is 18.2 Å². The summed E-state index contributed by atoms with van der Waals surface area (Å²) in [7, 11) is 0. The fourth-order valence-electron chi connectivity index (χ4n) is 3.58. The van der Waals surface area contributed by atoms with E-state index in [0.717, 1.165) is 50.1 Å². The van der Waals surface area contributed by atoms with E-state index in [1.807, 2.05) is 30.0 Å². The second-order valence-corrected chi connectivity index (χ2v) is 7.10. The maximum Gasteiger partial charge on any atom is 0.275 e. The Morgan fingerprint density at radius 3 is 2.72 bits per heavy atom. The highest BCUT2D eigenvalue weighted by Crippen LogP contribution is 2.29. The second kappa shape index (κ2) is 6.59. The first kappa shape index (κ1) is 16.3. The van der Waals surface area contributed by atoms with Crippen LogP contribution >= 0.6 is 0 Å². The van der Waals surface area contributed by atoms with Crippen LogP contribution in [0.25, 0.3) is 10.8 Å². The van der Waals surface area contributed by atoms with Crippen molar-refractivity contribution < 1.29 is 9.53 Å². The second-order valence-electron chi connectivity index (χ2n) is 7.10. The smallest absolute Gasteiger partial charge is 0.275 e. The van der Waals surface area contributed by atoms with Gasteiger partial charge in [-0.3, -0.25) is 9.59 Å². The molecule has 1 aliphatic carbocycles. The van der Waals surface area contributed by atoms with Crippen molar-refractivity contribution >= 4 is 16.7 Å². The molecule has 1 aromatic heterocycles. The largest absolute Gasteiger partial charge is 0.381 e. The molecule has 0 radical (unpaired) electrons. The average molecular weight is 341 g/mol. The number of nitrogens with zero attached hydrogens (tertiary/aromatic N) is 3. The summed E-state index contributed by atoms with van der Waals surface area (Å²) >= 11 is 0. The summed E-state index contributed by atoms with van der Waals surface area (Å²) in [6.45, 7) is 4.11. The van der Waals surface area contributed by atoms with Crippen molar-refractivity contribution in [1.29, 1.82) is 0 Å². The molecule has 1 unspecified atom stereocenters. The van der Waals surface area contributed by atoms with Gasteiger partial charge in [-0.2, -0.15) is 5.10 Å². The van der Waals surface area contributed by atoms with Gasteiger partial charge in [0.2, 0.25) is 5.91 Å². The molecule has 1 atom stereocenters. The molecular weight excluding hydrogens is 318 g/mol. The lowest BCUT2D eigenvalue weighted by Gasteiger charge is -2.25. The number of carbonyl (C=O) groups excluding carboxylic acids is 1. The number of aryl methyl sites for hydroxylation is 1. The van der Waals surface area contributed by atoms with Crippen LogP contribution in [-0.4, -0.2) is 46.4 Å². The first-order chi connectivity index (χ1) is 12.1. The fourth-order valence-corrected chi connectivity index (χ4v) is 3.58. The molecule has 132 valence electrons. The lowest BCUT2D eigenvalue weighted by Crippen LogP contribution is -2.41. The molecule has 2 aromatic rings. The monoisotopic (exact) mass is 341 g/mol. The van der Waals surface area contributed by atoms with Gasteiger partial charge in [0.15, 0.2) is 0 Å². The average Bonchev–Trinajstić information content (AvgIpc) is 3.33. The van der Waals surface area contributed by atoms with Crippen molar-refractivity contribution in [3.8, 4) is 0 Å². The number of aromatic nitrogens is 2. The Morgan fingerprint density at radius 2 is 2.04 bits per heavy atom. The molecule has 0 spiro atoms. The first-order valence-corrected chi connectivity index (χ1v) is 8.97.